The summed E-state index contributed by atoms with van der Waals surface area (Å²) in [4.78, 5) is 29.4. The van der Waals surface area contributed by atoms with Gasteiger partial charge in [0, 0.05) is 12.6 Å². The first kappa shape index (κ1) is 14.7. The minimum atomic E-state index is -0.291. The third kappa shape index (κ3) is 3.88. The molecule has 0 bridgehead atoms. The van der Waals surface area contributed by atoms with Gasteiger partial charge in [-0.2, -0.15) is 5.10 Å². The molecule has 21 heavy (non-hydrogen) atoms. The standard InChI is InChI=1S/C14H17N5O2/c1-10(13-15-9-16-18-13)17-12(20)8-19(2)14(21)11-6-4-3-5-7-11/h3-7,9-10H,8H2,1-2H3,(H,17,20)(H,15,16,18). The van der Waals surface area contributed by atoms with Crippen LogP contribution in [0.25, 0.3) is 0 Å². The van der Waals surface area contributed by atoms with E-state index in [4.69, 9.17) is 0 Å². The van der Waals surface area contributed by atoms with Crippen LogP contribution in [-0.4, -0.2) is 45.5 Å². The van der Waals surface area contributed by atoms with Crippen LogP contribution >= 0.6 is 0 Å². The fourth-order valence-corrected chi connectivity index (χ4v) is 1.87. The van der Waals surface area contributed by atoms with Gasteiger partial charge >= 0.3 is 0 Å². The largest absolute Gasteiger partial charge is 0.345 e. The fraction of sp³-hybridized carbons (Fsp3) is 0.286. The second-order valence-electron chi connectivity index (χ2n) is 4.69. The number of carbonyl (C=O) groups excluding carboxylic acids is 2. The summed E-state index contributed by atoms with van der Waals surface area (Å²) in [6, 6.07) is 8.55. The first-order valence-electron chi connectivity index (χ1n) is 6.53. The smallest absolute Gasteiger partial charge is 0.254 e. The van der Waals surface area contributed by atoms with Crippen molar-refractivity contribution in [3.8, 4) is 0 Å². The van der Waals surface area contributed by atoms with Gasteiger partial charge in [-0.1, -0.05) is 18.2 Å². The van der Waals surface area contributed by atoms with E-state index in [9.17, 15) is 9.59 Å². The van der Waals surface area contributed by atoms with Gasteiger partial charge in [-0.15, -0.1) is 0 Å². The number of nitrogens with one attached hydrogen (secondary N) is 2. The van der Waals surface area contributed by atoms with Crippen LogP contribution in [0.2, 0.25) is 0 Å². The zero-order valence-corrected chi connectivity index (χ0v) is 11.9. The van der Waals surface area contributed by atoms with Gasteiger partial charge in [-0.25, -0.2) is 4.98 Å². The molecule has 7 heteroatoms. The zero-order valence-electron chi connectivity index (χ0n) is 11.9. The second-order valence-corrected chi connectivity index (χ2v) is 4.69. The Kier molecular flexibility index (Phi) is 4.65. The topological polar surface area (TPSA) is 91.0 Å². The Bertz CT molecular complexity index is 597. The van der Waals surface area contributed by atoms with Crippen LogP contribution in [0.4, 0.5) is 0 Å². The van der Waals surface area contributed by atoms with Crippen LogP contribution in [0.15, 0.2) is 36.7 Å². The number of carbonyl (C=O) groups is 2. The number of H-pyrrole nitrogens is 1. The maximum Gasteiger partial charge on any atom is 0.254 e. The third-order valence-corrected chi connectivity index (χ3v) is 2.97. The SMILES string of the molecule is CC(NC(=O)CN(C)C(=O)c1ccccc1)c1ncn[nH]1. The normalized spacial score (nSPS) is 11.7. The van der Waals surface area contributed by atoms with E-state index in [0.29, 0.717) is 11.4 Å². The summed E-state index contributed by atoms with van der Waals surface area (Å²) in [6.45, 7) is 1.77. The molecule has 2 amide bonds. The van der Waals surface area contributed by atoms with Crippen molar-refractivity contribution in [1.82, 2.24) is 25.4 Å². The van der Waals surface area contributed by atoms with Crippen LogP contribution in [0, 0.1) is 0 Å². The van der Waals surface area contributed by atoms with Gasteiger partial charge < -0.3 is 10.2 Å². The Morgan fingerprint density at radius 2 is 2.05 bits per heavy atom. The van der Waals surface area contributed by atoms with E-state index < -0.39 is 0 Å². The molecule has 0 saturated heterocycles. The Hall–Kier alpha value is -2.70. The molecule has 0 spiro atoms. The molecular formula is C14H17N5O2. The lowest BCUT2D eigenvalue weighted by Gasteiger charge is -2.18. The highest BCUT2D eigenvalue weighted by Gasteiger charge is 2.17. The Labute approximate surface area is 122 Å². The van der Waals surface area contributed by atoms with Crippen LogP contribution < -0.4 is 5.32 Å². The number of hydrogen-bond donors (Lipinski definition) is 2. The minimum absolute atomic E-state index is 0.0216. The van der Waals surface area contributed by atoms with Crippen molar-refractivity contribution < 1.29 is 9.59 Å². The van der Waals surface area contributed by atoms with Crippen LogP contribution in [0.1, 0.15) is 29.1 Å². The lowest BCUT2D eigenvalue weighted by atomic mass is 10.2. The van der Waals surface area contributed by atoms with Gasteiger partial charge in [0.05, 0.1) is 12.6 Å². The number of aromatic amines is 1. The monoisotopic (exact) mass is 287 g/mol. The molecule has 0 aliphatic carbocycles. The molecule has 1 aromatic carbocycles. The lowest BCUT2D eigenvalue weighted by Crippen LogP contribution is -2.39. The number of amides is 2. The second kappa shape index (κ2) is 6.65. The van der Waals surface area contributed by atoms with E-state index in [-0.39, 0.29) is 24.4 Å². The quantitative estimate of drug-likeness (QED) is 0.849. The highest BCUT2D eigenvalue weighted by atomic mass is 16.2. The molecule has 110 valence electrons. The number of likely N-dealkylation sites (N-methyl/N-ethyl adjacent to an activating group) is 1. The predicted octanol–water partition coefficient (Wildman–Crippen LogP) is 0.754. The average molecular weight is 287 g/mol. The van der Waals surface area contributed by atoms with Gasteiger partial charge in [0.2, 0.25) is 5.91 Å². The maximum absolute atomic E-state index is 12.1. The van der Waals surface area contributed by atoms with E-state index in [2.05, 4.69) is 20.5 Å². The molecule has 0 radical (unpaired) electrons. The molecule has 1 aromatic heterocycles. The number of hydrogen-bond acceptors (Lipinski definition) is 4. The van der Waals surface area contributed by atoms with Gasteiger partial charge in [-0.3, -0.25) is 14.7 Å². The van der Waals surface area contributed by atoms with Crippen molar-refractivity contribution >= 4 is 11.8 Å². The van der Waals surface area contributed by atoms with E-state index >= 15 is 0 Å². The van der Waals surface area contributed by atoms with Crippen molar-refractivity contribution in [2.45, 2.75) is 13.0 Å². The lowest BCUT2D eigenvalue weighted by molar-refractivity contribution is -0.122. The molecule has 2 rings (SSSR count). The maximum atomic E-state index is 12.1. The summed E-state index contributed by atoms with van der Waals surface area (Å²) in [5.74, 6) is 0.115. The van der Waals surface area contributed by atoms with Crippen LogP contribution in [0.3, 0.4) is 0 Å². The van der Waals surface area contributed by atoms with E-state index in [1.54, 1.807) is 38.2 Å². The molecule has 1 atom stereocenters. The fourth-order valence-electron chi connectivity index (χ4n) is 1.87. The molecule has 0 aliphatic heterocycles. The molecule has 7 nitrogen and oxygen atoms in total. The van der Waals surface area contributed by atoms with E-state index in [0.717, 1.165) is 0 Å². The Balaban J connectivity index is 1.89. The number of benzene rings is 1. The number of nitrogens with zero attached hydrogens (tertiary/aromatic N) is 3. The molecule has 2 N–H and O–H groups in total. The molecule has 0 aliphatic rings. The van der Waals surface area contributed by atoms with E-state index in [1.165, 1.54) is 11.2 Å². The summed E-state index contributed by atoms with van der Waals surface area (Å²) >= 11 is 0. The van der Waals surface area contributed by atoms with E-state index in [1.807, 2.05) is 6.07 Å². The van der Waals surface area contributed by atoms with Crippen molar-refractivity contribution in [2.75, 3.05) is 13.6 Å². The molecule has 1 heterocycles. The van der Waals surface area contributed by atoms with Crippen molar-refractivity contribution in [1.29, 1.82) is 0 Å². The van der Waals surface area contributed by atoms with Crippen LogP contribution in [-0.2, 0) is 4.79 Å². The molecule has 0 saturated carbocycles. The zero-order chi connectivity index (χ0) is 15.2. The summed E-state index contributed by atoms with van der Waals surface area (Å²) in [6.07, 6.45) is 1.38. The third-order valence-electron chi connectivity index (χ3n) is 2.97. The highest BCUT2D eigenvalue weighted by Crippen LogP contribution is 2.05. The predicted molar refractivity (Wildman–Crippen MR) is 76.3 cm³/mol. The van der Waals surface area contributed by atoms with Gasteiger partial charge in [0.25, 0.3) is 5.91 Å². The minimum Gasteiger partial charge on any atom is -0.345 e. The molecule has 1 unspecified atom stereocenters. The van der Waals surface area contributed by atoms with Crippen molar-refractivity contribution in [3.63, 3.8) is 0 Å². The van der Waals surface area contributed by atoms with Gasteiger partial charge in [-0.05, 0) is 19.1 Å². The Morgan fingerprint density at radius 1 is 1.33 bits per heavy atom. The summed E-state index contributed by atoms with van der Waals surface area (Å²) in [5.41, 5.74) is 0.552. The number of rotatable bonds is 5. The number of aromatic nitrogens is 3. The van der Waals surface area contributed by atoms with Crippen molar-refractivity contribution in [3.05, 3.63) is 48.0 Å². The average Bonchev–Trinajstić information content (AvgIpc) is 3.01. The molecular weight excluding hydrogens is 270 g/mol. The first-order chi connectivity index (χ1) is 10.1. The summed E-state index contributed by atoms with van der Waals surface area (Å²) in [7, 11) is 1.59. The Morgan fingerprint density at radius 3 is 2.67 bits per heavy atom. The molecule has 2 aromatic rings. The first-order valence-corrected chi connectivity index (χ1v) is 6.53. The van der Waals surface area contributed by atoms with Gasteiger partial charge in [0.1, 0.15) is 12.2 Å². The van der Waals surface area contributed by atoms with Crippen molar-refractivity contribution in [2.24, 2.45) is 0 Å². The van der Waals surface area contributed by atoms with Crippen LogP contribution in [0.5, 0.6) is 0 Å². The highest BCUT2D eigenvalue weighted by molar-refractivity contribution is 5.96. The van der Waals surface area contributed by atoms with Gasteiger partial charge in [0.15, 0.2) is 0 Å². The summed E-state index contributed by atoms with van der Waals surface area (Å²) in [5, 5.41) is 9.17. The summed E-state index contributed by atoms with van der Waals surface area (Å²) < 4.78 is 0. The molecule has 0 fully saturated rings.